The summed E-state index contributed by atoms with van der Waals surface area (Å²) in [7, 11) is -0.330. The molecular formula is C24H31ClFN5O4S. The molecule has 12 heteroatoms. The monoisotopic (exact) mass is 539 g/mol. The lowest BCUT2D eigenvalue weighted by Gasteiger charge is -2.38. The van der Waals surface area contributed by atoms with Crippen LogP contribution >= 0.6 is 11.6 Å². The molecule has 2 N–H and O–H groups in total. The highest BCUT2D eigenvalue weighted by Crippen LogP contribution is 2.33. The zero-order valence-corrected chi connectivity index (χ0v) is 21.9. The average molecular weight is 540 g/mol. The van der Waals surface area contributed by atoms with Crippen LogP contribution in [0.15, 0.2) is 24.7 Å². The summed E-state index contributed by atoms with van der Waals surface area (Å²) in [5.74, 6) is -2.04. The van der Waals surface area contributed by atoms with Gasteiger partial charge in [-0.3, -0.25) is 15.0 Å². The Bertz CT molecular complexity index is 1250. The number of aryl methyl sites for hydroxylation is 1. The summed E-state index contributed by atoms with van der Waals surface area (Å²) in [5, 5.41) is -0.278. The quantitative estimate of drug-likeness (QED) is 0.500. The van der Waals surface area contributed by atoms with Crippen molar-refractivity contribution in [1.82, 2.24) is 24.7 Å². The molecule has 1 aromatic heterocycles. The minimum Gasteiger partial charge on any atom is -0.343 e. The highest BCUT2D eigenvalue weighted by Gasteiger charge is 2.34. The van der Waals surface area contributed by atoms with Gasteiger partial charge >= 0.3 is 0 Å². The van der Waals surface area contributed by atoms with E-state index in [9.17, 15) is 22.4 Å². The molecule has 0 radical (unpaired) electrons. The van der Waals surface area contributed by atoms with Crippen molar-refractivity contribution in [3.63, 3.8) is 0 Å². The summed E-state index contributed by atoms with van der Waals surface area (Å²) in [5.41, 5.74) is 2.60. The van der Waals surface area contributed by atoms with Crippen LogP contribution in [0.4, 0.5) is 4.39 Å². The second-order valence-corrected chi connectivity index (χ2v) is 12.0. The zero-order valence-electron chi connectivity index (χ0n) is 20.3. The van der Waals surface area contributed by atoms with Gasteiger partial charge < -0.3 is 9.47 Å². The number of carbonyl (C=O) groups excluding carboxylic acids is 2. The number of halogens is 2. The second-order valence-electron chi connectivity index (χ2n) is 9.85. The van der Waals surface area contributed by atoms with Crippen LogP contribution in [0, 0.1) is 17.7 Å². The maximum atomic E-state index is 14.6. The molecule has 196 valence electrons. The first-order valence-electron chi connectivity index (χ1n) is 12.1. The summed E-state index contributed by atoms with van der Waals surface area (Å²) in [4.78, 5) is 33.3. The Morgan fingerprint density at radius 1 is 1.22 bits per heavy atom. The first-order chi connectivity index (χ1) is 17.0. The van der Waals surface area contributed by atoms with Crippen LogP contribution in [0.2, 0.25) is 5.02 Å². The predicted molar refractivity (Wildman–Crippen MR) is 134 cm³/mol. The van der Waals surface area contributed by atoms with Gasteiger partial charge in [0.15, 0.2) is 5.82 Å². The smallest absolute Gasteiger partial charge is 0.269 e. The Morgan fingerprint density at radius 2 is 1.94 bits per heavy atom. The highest BCUT2D eigenvalue weighted by atomic mass is 35.5. The lowest BCUT2D eigenvalue weighted by Crippen LogP contribution is -2.47. The molecule has 4 rings (SSSR count). The van der Waals surface area contributed by atoms with Gasteiger partial charge in [-0.25, -0.2) is 17.8 Å². The SMILES string of the molecule is CN(C(=O)C1CCC1)C1CCCC(CS(=O)(=O)NNC(=O)c2cc(-c3cn(C)cn3)cc(Cl)c2F)C1. The van der Waals surface area contributed by atoms with Crippen molar-refractivity contribution in [2.45, 2.75) is 51.0 Å². The van der Waals surface area contributed by atoms with Crippen LogP contribution in [0.5, 0.6) is 0 Å². The number of carbonyl (C=O) groups is 2. The molecule has 9 nitrogen and oxygen atoms in total. The normalized spacial score (nSPS) is 20.6. The molecule has 2 aliphatic rings. The van der Waals surface area contributed by atoms with E-state index in [4.69, 9.17) is 11.6 Å². The first kappa shape index (κ1) is 26.6. The van der Waals surface area contributed by atoms with Crippen LogP contribution in [-0.4, -0.2) is 53.5 Å². The number of imidazole rings is 1. The molecule has 2 amide bonds. The molecule has 0 saturated heterocycles. The maximum absolute atomic E-state index is 14.6. The van der Waals surface area contributed by atoms with E-state index < -0.39 is 27.3 Å². The molecule has 2 aliphatic carbocycles. The molecule has 2 atom stereocenters. The van der Waals surface area contributed by atoms with Crippen molar-refractivity contribution in [2.24, 2.45) is 18.9 Å². The Morgan fingerprint density at radius 3 is 2.58 bits per heavy atom. The second kappa shape index (κ2) is 10.9. The number of sulfonamides is 1. The number of hydrazine groups is 1. The molecule has 1 aromatic carbocycles. The van der Waals surface area contributed by atoms with Crippen molar-refractivity contribution in [1.29, 1.82) is 0 Å². The Balaban J connectivity index is 1.36. The van der Waals surface area contributed by atoms with Crippen molar-refractivity contribution in [3.8, 4) is 11.3 Å². The van der Waals surface area contributed by atoms with Crippen LogP contribution in [0.1, 0.15) is 55.3 Å². The Kier molecular flexibility index (Phi) is 8.01. The molecule has 2 aromatic rings. The van der Waals surface area contributed by atoms with Gasteiger partial charge in [0, 0.05) is 37.8 Å². The molecule has 2 fully saturated rings. The number of nitrogens with one attached hydrogen (secondary N) is 2. The number of nitrogens with zero attached hydrogens (tertiary/aromatic N) is 3. The van der Waals surface area contributed by atoms with Crippen molar-refractivity contribution < 1.29 is 22.4 Å². The Labute approximate surface area is 215 Å². The molecule has 2 unspecified atom stereocenters. The summed E-state index contributed by atoms with van der Waals surface area (Å²) < 4.78 is 41.7. The molecule has 0 bridgehead atoms. The largest absolute Gasteiger partial charge is 0.343 e. The number of rotatable bonds is 8. The molecule has 2 saturated carbocycles. The third-order valence-corrected chi connectivity index (χ3v) is 8.75. The standard InChI is InChI=1S/C24H31ClFN5O4S/c1-30-12-21(27-14-30)17-10-19(22(26)20(25)11-17)23(32)28-29-36(34,35)13-15-5-3-8-18(9-15)31(2)24(33)16-6-4-7-16/h10-12,14-16,18,29H,3-9,13H2,1-2H3,(H,28,32). The van der Waals surface area contributed by atoms with Crippen LogP contribution in [0.25, 0.3) is 11.3 Å². The zero-order chi connectivity index (χ0) is 26.0. The van der Waals surface area contributed by atoms with Gasteiger partial charge in [0.1, 0.15) is 0 Å². The molecule has 0 spiro atoms. The Hall–Kier alpha value is -2.50. The average Bonchev–Trinajstić information content (AvgIpc) is 3.23. The van der Waals surface area contributed by atoms with Crippen LogP contribution in [0.3, 0.4) is 0 Å². The fourth-order valence-corrected chi connectivity index (χ4v) is 6.37. The molecule has 1 heterocycles. The van der Waals surface area contributed by atoms with E-state index >= 15 is 0 Å². The van der Waals surface area contributed by atoms with E-state index in [1.165, 1.54) is 12.1 Å². The minimum absolute atomic E-state index is 0.00668. The molecule has 36 heavy (non-hydrogen) atoms. The van der Waals surface area contributed by atoms with Gasteiger partial charge in [-0.05, 0) is 50.2 Å². The predicted octanol–water partition coefficient (Wildman–Crippen LogP) is 3.26. The fourth-order valence-electron chi connectivity index (χ4n) is 4.90. The van der Waals surface area contributed by atoms with Gasteiger partial charge in [-0.2, -0.15) is 0 Å². The lowest BCUT2D eigenvalue weighted by atomic mass is 9.82. The topological polar surface area (TPSA) is 113 Å². The van der Waals surface area contributed by atoms with Gasteiger partial charge in [0.25, 0.3) is 5.91 Å². The number of hydrogen-bond donors (Lipinski definition) is 2. The summed E-state index contributed by atoms with van der Waals surface area (Å²) >= 11 is 5.98. The first-order valence-corrected chi connectivity index (χ1v) is 14.1. The number of amides is 2. The van der Waals surface area contributed by atoms with Crippen molar-refractivity contribution in [2.75, 3.05) is 12.8 Å². The summed E-state index contributed by atoms with van der Waals surface area (Å²) in [6.45, 7) is 0. The number of hydrogen-bond acceptors (Lipinski definition) is 5. The maximum Gasteiger partial charge on any atom is 0.269 e. The minimum atomic E-state index is -3.90. The van der Waals surface area contributed by atoms with Crippen molar-refractivity contribution >= 4 is 33.4 Å². The van der Waals surface area contributed by atoms with E-state index in [-0.39, 0.29) is 34.6 Å². The fraction of sp³-hybridized carbons (Fsp3) is 0.542. The van der Waals surface area contributed by atoms with Crippen molar-refractivity contribution in [3.05, 3.63) is 41.1 Å². The van der Waals surface area contributed by atoms with Crippen LogP contribution in [-0.2, 0) is 21.9 Å². The van der Waals surface area contributed by atoms with Crippen LogP contribution < -0.4 is 10.3 Å². The molecular weight excluding hydrogens is 509 g/mol. The highest BCUT2D eigenvalue weighted by molar-refractivity contribution is 7.89. The third kappa shape index (κ3) is 6.07. The number of aromatic nitrogens is 2. The van der Waals surface area contributed by atoms with Gasteiger partial charge in [0.2, 0.25) is 15.9 Å². The molecule has 0 aliphatic heterocycles. The lowest BCUT2D eigenvalue weighted by molar-refractivity contribution is -0.139. The van der Waals surface area contributed by atoms with Gasteiger partial charge in [-0.1, -0.05) is 24.4 Å². The van der Waals surface area contributed by atoms with E-state index in [2.05, 4.69) is 15.2 Å². The van der Waals surface area contributed by atoms with E-state index in [1.54, 1.807) is 36.1 Å². The third-order valence-electron chi connectivity index (χ3n) is 7.15. The van der Waals surface area contributed by atoms with E-state index in [0.29, 0.717) is 24.1 Å². The van der Waals surface area contributed by atoms with Gasteiger partial charge in [0.05, 0.1) is 28.4 Å². The van der Waals surface area contributed by atoms with E-state index in [1.807, 2.05) is 0 Å². The summed E-state index contributed by atoms with van der Waals surface area (Å²) in [6.07, 6.45) is 9.14. The number of benzene rings is 1. The summed E-state index contributed by atoms with van der Waals surface area (Å²) in [6, 6.07) is 2.63. The van der Waals surface area contributed by atoms with Gasteiger partial charge in [-0.15, -0.1) is 4.83 Å². The van der Waals surface area contributed by atoms with E-state index in [0.717, 1.165) is 32.1 Å².